The highest BCUT2D eigenvalue weighted by molar-refractivity contribution is 6.33. The van der Waals surface area contributed by atoms with Crippen LogP contribution in [0.25, 0.3) is 0 Å². The Bertz CT molecular complexity index is 568. The van der Waals surface area contributed by atoms with Crippen molar-refractivity contribution in [3.05, 3.63) is 35.4 Å². The molecule has 3 rings (SSSR count). The summed E-state index contributed by atoms with van der Waals surface area (Å²) in [5, 5.41) is 11.9. The van der Waals surface area contributed by atoms with Crippen LogP contribution in [0.15, 0.2) is 29.9 Å². The molecule has 0 saturated heterocycles. The summed E-state index contributed by atoms with van der Waals surface area (Å²) in [5.74, 6) is 1.32. The molecule has 1 aliphatic rings. The maximum atomic E-state index is 6.08. The van der Waals surface area contributed by atoms with E-state index in [1.165, 1.54) is 17.3 Å². The average molecular weight is 251 g/mol. The first-order chi connectivity index (χ1) is 8.33. The summed E-state index contributed by atoms with van der Waals surface area (Å²) in [6, 6.07) is 3.48. The molecule has 0 N–H and O–H groups in total. The summed E-state index contributed by atoms with van der Waals surface area (Å²) < 4.78 is 11.9. The second kappa shape index (κ2) is 4.06. The molecule has 86 valence electrons. The fourth-order valence-corrected chi connectivity index (χ4v) is 1.62. The lowest BCUT2D eigenvalue weighted by Gasteiger charge is -2.00. The molecule has 0 aliphatic carbocycles. The summed E-state index contributed by atoms with van der Waals surface area (Å²) in [5.41, 5.74) is 0.740. The van der Waals surface area contributed by atoms with Crippen molar-refractivity contribution in [1.29, 1.82) is 0 Å². The third-order valence-corrected chi connectivity index (χ3v) is 2.56. The van der Waals surface area contributed by atoms with Gasteiger partial charge in [-0.2, -0.15) is 5.10 Å². The van der Waals surface area contributed by atoms with Crippen LogP contribution in [0.2, 0.25) is 5.02 Å². The van der Waals surface area contributed by atoms with Crippen LogP contribution in [0.4, 0.5) is 0 Å². The zero-order valence-electron chi connectivity index (χ0n) is 8.58. The molecule has 0 amide bonds. The van der Waals surface area contributed by atoms with Gasteiger partial charge in [0.1, 0.15) is 12.7 Å². The number of rotatable bonds is 2. The molecule has 0 atom stereocenters. The molecule has 17 heavy (non-hydrogen) atoms. The zero-order chi connectivity index (χ0) is 11.7. The largest absolute Gasteiger partial charge is 0.454 e. The van der Waals surface area contributed by atoms with Gasteiger partial charge < -0.3 is 9.47 Å². The Hall–Kier alpha value is -2.08. The summed E-state index contributed by atoms with van der Waals surface area (Å²) >= 11 is 6.08. The van der Waals surface area contributed by atoms with Crippen LogP contribution < -0.4 is 9.47 Å². The average Bonchev–Trinajstić information content (AvgIpc) is 2.95. The first kappa shape index (κ1) is 10.1. The highest BCUT2D eigenvalue weighted by Gasteiger charge is 2.15. The highest BCUT2D eigenvalue weighted by Crippen LogP contribution is 2.36. The number of hydrogen-bond acceptors (Lipinski definition) is 5. The molecular weight excluding hydrogens is 244 g/mol. The number of hydrogen-bond donors (Lipinski definition) is 0. The van der Waals surface area contributed by atoms with Crippen molar-refractivity contribution in [2.45, 2.75) is 0 Å². The normalized spacial score (nSPS) is 13.5. The van der Waals surface area contributed by atoms with E-state index in [-0.39, 0.29) is 6.79 Å². The van der Waals surface area contributed by atoms with E-state index in [0.29, 0.717) is 16.5 Å². The van der Waals surface area contributed by atoms with E-state index in [1.54, 1.807) is 18.3 Å². The number of aromatic nitrogens is 3. The van der Waals surface area contributed by atoms with Gasteiger partial charge >= 0.3 is 0 Å². The summed E-state index contributed by atoms with van der Waals surface area (Å²) in [4.78, 5) is 0. The molecular formula is C10H7ClN4O2. The minimum atomic E-state index is 0.220. The van der Waals surface area contributed by atoms with Gasteiger partial charge in [0.2, 0.25) is 6.79 Å². The van der Waals surface area contributed by atoms with Gasteiger partial charge in [-0.1, -0.05) is 11.6 Å². The lowest BCUT2D eigenvalue weighted by Crippen LogP contribution is -1.93. The first-order valence-corrected chi connectivity index (χ1v) is 5.19. The predicted octanol–water partition coefficient (Wildman–Crippen LogP) is 1.54. The molecule has 0 radical (unpaired) electrons. The van der Waals surface area contributed by atoms with Gasteiger partial charge in [0.15, 0.2) is 11.5 Å². The second-order valence-electron chi connectivity index (χ2n) is 3.31. The molecule has 0 unspecified atom stereocenters. The van der Waals surface area contributed by atoms with E-state index < -0.39 is 0 Å². The summed E-state index contributed by atoms with van der Waals surface area (Å²) in [6.07, 6.45) is 4.57. The van der Waals surface area contributed by atoms with Gasteiger partial charge in [0, 0.05) is 11.6 Å². The Labute approximate surface area is 101 Å². The van der Waals surface area contributed by atoms with Crippen molar-refractivity contribution < 1.29 is 9.47 Å². The van der Waals surface area contributed by atoms with Gasteiger partial charge in [0.25, 0.3) is 0 Å². The molecule has 1 aliphatic heterocycles. The van der Waals surface area contributed by atoms with Crippen molar-refractivity contribution >= 4 is 17.8 Å². The van der Waals surface area contributed by atoms with Crippen molar-refractivity contribution in [2.24, 2.45) is 5.10 Å². The Morgan fingerprint density at radius 2 is 1.94 bits per heavy atom. The second-order valence-corrected chi connectivity index (χ2v) is 3.72. The lowest BCUT2D eigenvalue weighted by atomic mass is 10.2. The quantitative estimate of drug-likeness (QED) is 0.759. The number of halogens is 1. The van der Waals surface area contributed by atoms with Crippen LogP contribution >= 0.6 is 11.6 Å². The predicted molar refractivity (Wildman–Crippen MR) is 60.6 cm³/mol. The molecule has 2 aromatic rings. The lowest BCUT2D eigenvalue weighted by molar-refractivity contribution is 0.174. The van der Waals surface area contributed by atoms with Gasteiger partial charge in [-0.3, -0.25) is 0 Å². The maximum absolute atomic E-state index is 6.08. The molecule has 0 saturated carbocycles. The molecule has 0 spiro atoms. The van der Waals surface area contributed by atoms with E-state index in [4.69, 9.17) is 21.1 Å². The fourth-order valence-electron chi connectivity index (χ4n) is 1.42. The number of benzene rings is 1. The van der Waals surface area contributed by atoms with Crippen molar-refractivity contribution in [2.75, 3.05) is 6.79 Å². The monoisotopic (exact) mass is 250 g/mol. The van der Waals surface area contributed by atoms with Gasteiger partial charge in [-0.05, 0) is 6.07 Å². The molecule has 2 heterocycles. The first-order valence-electron chi connectivity index (χ1n) is 4.81. The molecule has 6 nitrogen and oxygen atoms in total. The summed E-state index contributed by atoms with van der Waals surface area (Å²) in [6.45, 7) is 0.220. The standard InChI is InChI=1S/C10H7ClN4O2/c11-8-2-10-9(16-6-17-10)1-7(8)3-14-15-4-12-13-5-15/h1-5H,6H2. The zero-order valence-corrected chi connectivity index (χ0v) is 9.33. The van der Waals surface area contributed by atoms with Gasteiger partial charge in [0.05, 0.1) is 11.2 Å². The number of ether oxygens (including phenoxy) is 2. The maximum Gasteiger partial charge on any atom is 0.231 e. The van der Waals surface area contributed by atoms with E-state index >= 15 is 0 Å². The molecule has 0 bridgehead atoms. The van der Waals surface area contributed by atoms with Crippen LogP contribution in [0.3, 0.4) is 0 Å². The van der Waals surface area contributed by atoms with E-state index in [2.05, 4.69) is 15.3 Å². The van der Waals surface area contributed by atoms with Crippen molar-refractivity contribution in [3.8, 4) is 11.5 Å². The Morgan fingerprint density at radius 3 is 2.71 bits per heavy atom. The van der Waals surface area contributed by atoms with E-state index in [0.717, 1.165) is 5.56 Å². The minimum Gasteiger partial charge on any atom is -0.454 e. The number of fused-ring (bicyclic) bond motifs is 1. The van der Waals surface area contributed by atoms with E-state index in [9.17, 15) is 0 Å². The number of nitrogens with zero attached hydrogens (tertiary/aromatic N) is 4. The van der Waals surface area contributed by atoms with Crippen LogP contribution in [0.1, 0.15) is 5.56 Å². The molecule has 1 aromatic carbocycles. The molecule has 7 heteroatoms. The Morgan fingerprint density at radius 1 is 1.24 bits per heavy atom. The minimum absolute atomic E-state index is 0.220. The smallest absolute Gasteiger partial charge is 0.231 e. The van der Waals surface area contributed by atoms with Crippen molar-refractivity contribution in [3.63, 3.8) is 0 Å². The molecule has 1 aromatic heterocycles. The van der Waals surface area contributed by atoms with Gasteiger partial charge in [-0.15, -0.1) is 10.2 Å². The third-order valence-electron chi connectivity index (χ3n) is 2.23. The van der Waals surface area contributed by atoms with Crippen LogP contribution in [-0.2, 0) is 0 Å². The van der Waals surface area contributed by atoms with E-state index in [1.807, 2.05) is 0 Å². The topological polar surface area (TPSA) is 61.5 Å². The SMILES string of the molecule is Clc1cc2c(cc1C=Nn1cnnc1)OCO2. The fraction of sp³-hybridized carbons (Fsp3) is 0.100. The van der Waals surface area contributed by atoms with Crippen LogP contribution in [0, 0.1) is 0 Å². The summed E-state index contributed by atoms with van der Waals surface area (Å²) in [7, 11) is 0. The Balaban J connectivity index is 1.93. The van der Waals surface area contributed by atoms with Gasteiger partial charge in [-0.25, -0.2) is 4.68 Å². The molecule has 0 fully saturated rings. The highest BCUT2D eigenvalue weighted by atomic mass is 35.5. The van der Waals surface area contributed by atoms with Crippen LogP contribution in [-0.4, -0.2) is 27.9 Å². The van der Waals surface area contributed by atoms with Crippen LogP contribution in [0.5, 0.6) is 11.5 Å². The third kappa shape index (κ3) is 1.94. The van der Waals surface area contributed by atoms with Crippen molar-refractivity contribution in [1.82, 2.24) is 14.9 Å². The Kier molecular flexibility index (Phi) is 2.41.